The van der Waals surface area contributed by atoms with Crippen molar-refractivity contribution in [2.45, 2.75) is 24.1 Å². The summed E-state index contributed by atoms with van der Waals surface area (Å²) in [6.07, 6.45) is -4.62. The van der Waals surface area contributed by atoms with E-state index in [1.807, 2.05) is 10.8 Å². The van der Waals surface area contributed by atoms with Crippen molar-refractivity contribution in [3.05, 3.63) is 111 Å². The molecule has 1 amide bonds. The summed E-state index contributed by atoms with van der Waals surface area (Å²) in [5.74, 6) is -1.69. The zero-order valence-electron chi connectivity index (χ0n) is 20.4. The smallest absolute Gasteiger partial charge is 0.329 e. The lowest BCUT2D eigenvalue weighted by Crippen LogP contribution is -2.54. The molecular formula is C28H21ClF3N3O2S2. The van der Waals surface area contributed by atoms with E-state index in [0.717, 1.165) is 12.1 Å². The molecule has 39 heavy (non-hydrogen) atoms. The number of carbonyl (C=O) groups is 2. The molecule has 200 valence electrons. The Morgan fingerprint density at radius 3 is 2.51 bits per heavy atom. The summed E-state index contributed by atoms with van der Waals surface area (Å²) in [5, 5.41) is 3.95. The van der Waals surface area contributed by atoms with Crippen LogP contribution in [0.25, 0.3) is 0 Å². The molecule has 5 rings (SSSR count). The molecule has 0 radical (unpaired) electrons. The number of amides is 1. The van der Waals surface area contributed by atoms with Crippen LogP contribution in [0.4, 0.5) is 24.7 Å². The van der Waals surface area contributed by atoms with Gasteiger partial charge in [0.1, 0.15) is 17.3 Å². The molecule has 11 heteroatoms. The molecule has 2 unspecified atom stereocenters. The summed E-state index contributed by atoms with van der Waals surface area (Å²) >= 11 is 12.4. The van der Waals surface area contributed by atoms with Gasteiger partial charge < -0.3 is 4.90 Å². The maximum absolute atomic E-state index is 13.8. The fourth-order valence-electron chi connectivity index (χ4n) is 4.83. The Balaban J connectivity index is 1.59. The second-order valence-electron chi connectivity index (χ2n) is 9.11. The summed E-state index contributed by atoms with van der Waals surface area (Å²) in [4.78, 5) is 33.7. The van der Waals surface area contributed by atoms with E-state index in [9.17, 15) is 22.8 Å². The average Bonchev–Trinajstić information content (AvgIpc) is 3.47. The molecule has 0 aliphatic carbocycles. The number of benzene rings is 2. The minimum atomic E-state index is -4.50. The van der Waals surface area contributed by atoms with Crippen LogP contribution in [0, 0.1) is 0 Å². The van der Waals surface area contributed by atoms with Gasteiger partial charge in [-0.3, -0.25) is 13.9 Å². The zero-order valence-corrected chi connectivity index (χ0v) is 22.9. The monoisotopic (exact) mass is 587 g/mol. The van der Waals surface area contributed by atoms with Crippen LogP contribution in [0.2, 0.25) is 5.02 Å². The molecule has 5 nitrogen and oxygen atoms in total. The van der Waals surface area contributed by atoms with Gasteiger partial charge in [0.05, 0.1) is 11.3 Å². The van der Waals surface area contributed by atoms with Crippen molar-refractivity contribution in [3.8, 4) is 0 Å². The minimum absolute atomic E-state index is 0.126. The molecule has 2 atom stereocenters. The number of nitrogens with zero attached hydrogens (tertiary/aromatic N) is 3. The summed E-state index contributed by atoms with van der Waals surface area (Å²) in [6.45, 7) is 0. The molecule has 0 saturated carbocycles. The molecule has 0 bridgehead atoms. The lowest BCUT2D eigenvalue weighted by atomic mass is 9.75. The zero-order chi connectivity index (χ0) is 27.9. The van der Waals surface area contributed by atoms with Crippen LogP contribution < -0.4 is 4.90 Å². The van der Waals surface area contributed by atoms with Gasteiger partial charge in [0, 0.05) is 24.2 Å². The quantitative estimate of drug-likeness (QED) is 0.197. The molecule has 2 aromatic carbocycles. The third-order valence-electron chi connectivity index (χ3n) is 6.85. The molecule has 1 aliphatic rings. The molecule has 1 aliphatic heterocycles. The first-order valence-corrected chi connectivity index (χ1v) is 13.5. The molecule has 0 N–H and O–H groups in total. The number of anilines is 2. The number of thiol groups is 1. The molecule has 0 spiro atoms. The van der Waals surface area contributed by atoms with Crippen LogP contribution in [0.3, 0.4) is 0 Å². The number of hydrogen-bond donors (Lipinski definition) is 1. The number of piperidine rings is 1. The first kappa shape index (κ1) is 27.2. The average molecular weight is 588 g/mol. The maximum Gasteiger partial charge on any atom is 0.416 e. The fraction of sp³-hybridized carbons (Fsp3) is 0.179. The number of alkyl halides is 3. The van der Waals surface area contributed by atoms with E-state index < -0.39 is 29.1 Å². The number of thiophene rings is 1. The second-order valence-corrected chi connectivity index (χ2v) is 10.7. The van der Waals surface area contributed by atoms with Gasteiger partial charge in [-0.05, 0) is 64.4 Å². The third-order valence-corrected chi connectivity index (χ3v) is 8.41. The van der Waals surface area contributed by atoms with Gasteiger partial charge in [-0.2, -0.15) is 24.5 Å². The van der Waals surface area contributed by atoms with Crippen molar-refractivity contribution in [1.82, 2.24) is 9.29 Å². The van der Waals surface area contributed by atoms with Gasteiger partial charge in [-0.1, -0.05) is 54.7 Å². The Labute approximate surface area is 237 Å². The van der Waals surface area contributed by atoms with Gasteiger partial charge >= 0.3 is 6.18 Å². The summed E-state index contributed by atoms with van der Waals surface area (Å²) < 4.78 is 41.2. The van der Waals surface area contributed by atoms with Crippen LogP contribution in [-0.4, -0.2) is 28.0 Å². The van der Waals surface area contributed by atoms with E-state index in [4.69, 9.17) is 16.6 Å². The Bertz CT molecular complexity index is 1550. The summed E-state index contributed by atoms with van der Waals surface area (Å²) in [7, 11) is 1.60. The maximum atomic E-state index is 13.8. The summed E-state index contributed by atoms with van der Waals surface area (Å²) in [5.41, 5.74) is -0.456. The second kappa shape index (κ2) is 10.3. The number of ketones is 1. The fourth-order valence-corrected chi connectivity index (χ4v) is 6.20. The van der Waals surface area contributed by atoms with Crippen LogP contribution in [0.5, 0.6) is 0 Å². The largest absolute Gasteiger partial charge is 0.416 e. The highest BCUT2D eigenvalue weighted by Gasteiger charge is 2.53. The SMILES string of the molecule is CN(c1cccc(C(F)(F)F)c1)c1cccc(C2(c3ccsc3)CC(=O)C(c3ccccc3Cl)C(=O)N2S)n1. The molecule has 1 fully saturated rings. The predicted molar refractivity (Wildman–Crippen MR) is 148 cm³/mol. The van der Waals surface area contributed by atoms with Crippen molar-refractivity contribution < 1.29 is 22.8 Å². The van der Waals surface area contributed by atoms with E-state index in [0.29, 0.717) is 27.7 Å². The number of Topliss-reactive ketones (excluding diaryl/α,β-unsaturated/α-hetero) is 1. The lowest BCUT2D eigenvalue weighted by Gasteiger charge is -2.45. The van der Waals surface area contributed by atoms with Crippen LogP contribution in [0.1, 0.15) is 34.7 Å². The molecule has 2 aromatic heterocycles. The number of rotatable bonds is 5. The third kappa shape index (κ3) is 4.81. The number of carbonyl (C=O) groups excluding carboxylic acids is 2. The molecule has 3 heterocycles. The van der Waals surface area contributed by atoms with E-state index in [-0.39, 0.29) is 17.9 Å². The number of pyridine rings is 1. The molecule has 1 saturated heterocycles. The van der Waals surface area contributed by atoms with Gasteiger partial charge in [-0.25, -0.2) is 4.98 Å². The highest BCUT2D eigenvalue weighted by Crippen LogP contribution is 2.48. The molecule has 4 aromatic rings. The van der Waals surface area contributed by atoms with Gasteiger partial charge in [0.2, 0.25) is 5.91 Å². The van der Waals surface area contributed by atoms with Crippen LogP contribution >= 0.6 is 35.8 Å². The highest BCUT2D eigenvalue weighted by atomic mass is 35.5. The van der Waals surface area contributed by atoms with E-state index in [1.54, 1.807) is 61.6 Å². The Morgan fingerprint density at radius 2 is 1.82 bits per heavy atom. The minimum Gasteiger partial charge on any atom is -0.329 e. The van der Waals surface area contributed by atoms with Crippen molar-refractivity contribution in [2.75, 3.05) is 11.9 Å². The number of halogens is 4. The first-order chi connectivity index (χ1) is 18.5. The van der Waals surface area contributed by atoms with Crippen molar-refractivity contribution in [3.63, 3.8) is 0 Å². The standard InChI is InChI=1S/C28H21ClF3N3O2S2/c1-34(19-7-4-6-17(14-19)28(30,31)32)24-11-5-10-23(33-24)27(18-12-13-39-16-18)15-22(36)25(26(37)35(27)38)20-8-2-3-9-21(20)29/h2-14,16,25,38H,15H2,1H3. The highest BCUT2D eigenvalue weighted by molar-refractivity contribution is 7.78. The Morgan fingerprint density at radius 1 is 1.08 bits per heavy atom. The Kier molecular flexibility index (Phi) is 7.21. The van der Waals surface area contributed by atoms with E-state index in [2.05, 4.69) is 12.8 Å². The van der Waals surface area contributed by atoms with E-state index >= 15 is 0 Å². The Hall–Kier alpha value is -3.34. The lowest BCUT2D eigenvalue weighted by molar-refractivity contribution is -0.142. The topological polar surface area (TPSA) is 53.5 Å². The van der Waals surface area contributed by atoms with Crippen LogP contribution in [-0.2, 0) is 21.3 Å². The number of hydrogen-bond acceptors (Lipinski definition) is 6. The van der Waals surface area contributed by atoms with Crippen molar-refractivity contribution >= 4 is 58.9 Å². The van der Waals surface area contributed by atoms with Crippen molar-refractivity contribution in [2.24, 2.45) is 0 Å². The first-order valence-electron chi connectivity index (χ1n) is 11.8. The normalized spacial score (nSPS) is 19.8. The van der Waals surface area contributed by atoms with Crippen LogP contribution in [0.15, 0.2) is 83.6 Å². The van der Waals surface area contributed by atoms with Crippen molar-refractivity contribution in [1.29, 1.82) is 0 Å². The predicted octanol–water partition coefficient (Wildman–Crippen LogP) is 7.26. The molecular weight excluding hydrogens is 567 g/mol. The summed E-state index contributed by atoms with van der Waals surface area (Å²) in [6, 6.07) is 18.4. The number of aromatic nitrogens is 1. The van der Waals surface area contributed by atoms with E-state index in [1.165, 1.54) is 26.6 Å². The van der Waals surface area contributed by atoms with Gasteiger partial charge in [0.25, 0.3) is 0 Å². The van der Waals surface area contributed by atoms with Gasteiger partial charge in [-0.15, -0.1) is 0 Å². The van der Waals surface area contributed by atoms with Gasteiger partial charge in [0.15, 0.2) is 5.78 Å².